The summed E-state index contributed by atoms with van der Waals surface area (Å²) in [5.74, 6) is -2.33. The zero-order chi connectivity index (χ0) is 32.0. The highest BCUT2D eigenvalue weighted by molar-refractivity contribution is 7.86. The third-order valence-electron chi connectivity index (χ3n) is 8.70. The van der Waals surface area contributed by atoms with E-state index in [1.807, 2.05) is 32.9 Å². The van der Waals surface area contributed by atoms with Gasteiger partial charge in [0.1, 0.15) is 11.6 Å². The maximum Gasteiger partial charge on any atom is 0.330 e. The highest BCUT2D eigenvalue weighted by atomic mass is 32.2. The number of nitrogens with zero attached hydrogens (tertiary/aromatic N) is 3. The molecule has 3 rings (SSSR count). The lowest BCUT2D eigenvalue weighted by Gasteiger charge is -2.38. The number of unbranched alkanes of at least 4 members (excludes halogenated alkanes) is 3. The molecule has 2 aliphatic heterocycles. The number of amides is 4. The van der Waals surface area contributed by atoms with Crippen molar-refractivity contribution >= 4 is 34.0 Å². The predicted molar refractivity (Wildman–Crippen MR) is 162 cm³/mol. The molecule has 0 spiro atoms. The molecule has 0 radical (unpaired) electrons. The summed E-state index contributed by atoms with van der Waals surface area (Å²) in [5, 5.41) is 18.0. The SMILES string of the molecule is CCCCC/C=C\C1C[C@]1(NC(=O)[C@@H]1CCCN1C(=O)CNC(=O)NC(CN1CCCN(C)S1(=O)=O)C(C)(C)C)C(=O)O. The molecule has 1 aliphatic carbocycles. The number of aliphatic carboxylic acids is 1. The van der Waals surface area contributed by atoms with Gasteiger partial charge in [-0.15, -0.1) is 0 Å². The number of likely N-dealkylation sites (tertiary alicyclic amines) is 1. The van der Waals surface area contributed by atoms with E-state index in [9.17, 15) is 32.7 Å². The van der Waals surface area contributed by atoms with Crippen LogP contribution in [0.15, 0.2) is 12.2 Å². The summed E-state index contributed by atoms with van der Waals surface area (Å²) < 4.78 is 28.1. The summed E-state index contributed by atoms with van der Waals surface area (Å²) in [6.45, 7) is 8.67. The second kappa shape index (κ2) is 14.4. The van der Waals surface area contributed by atoms with Crippen LogP contribution in [-0.4, -0.2) is 108 Å². The van der Waals surface area contributed by atoms with Gasteiger partial charge in [-0.2, -0.15) is 17.0 Å². The smallest absolute Gasteiger partial charge is 0.330 e. The van der Waals surface area contributed by atoms with Gasteiger partial charge in [-0.25, -0.2) is 9.59 Å². The molecule has 4 atom stereocenters. The van der Waals surface area contributed by atoms with Crippen LogP contribution in [0.3, 0.4) is 0 Å². The van der Waals surface area contributed by atoms with Crippen LogP contribution in [0.4, 0.5) is 4.79 Å². The van der Waals surface area contributed by atoms with Crippen LogP contribution >= 0.6 is 0 Å². The summed E-state index contributed by atoms with van der Waals surface area (Å²) in [5.41, 5.74) is -1.83. The average molecular weight is 627 g/mol. The van der Waals surface area contributed by atoms with E-state index in [0.717, 1.165) is 25.7 Å². The number of urea groups is 1. The number of rotatable bonds is 13. The Balaban J connectivity index is 1.54. The van der Waals surface area contributed by atoms with Gasteiger partial charge in [-0.3, -0.25) is 9.59 Å². The molecule has 3 fully saturated rings. The summed E-state index contributed by atoms with van der Waals surface area (Å²) in [7, 11) is -2.08. The molecule has 3 aliphatic rings. The van der Waals surface area contributed by atoms with Crippen molar-refractivity contribution in [2.24, 2.45) is 11.3 Å². The minimum Gasteiger partial charge on any atom is -0.479 e. The molecule has 4 amide bonds. The van der Waals surface area contributed by atoms with Crippen molar-refractivity contribution in [2.45, 2.75) is 96.7 Å². The number of nitrogens with one attached hydrogen (secondary N) is 3. The Hall–Kier alpha value is -2.71. The topological polar surface area (TPSA) is 168 Å². The third kappa shape index (κ3) is 8.69. The van der Waals surface area contributed by atoms with Gasteiger partial charge in [0.2, 0.25) is 11.8 Å². The number of allylic oxidation sites excluding steroid dienone is 1. The molecule has 43 heavy (non-hydrogen) atoms. The zero-order valence-electron chi connectivity index (χ0n) is 26.2. The fraction of sp³-hybridized carbons (Fsp3) is 0.793. The first-order valence-electron chi connectivity index (χ1n) is 15.4. The standard InChI is InChI=1S/C29H50N6O7S/c1-6-7-8-9-10-13-21-18-29(21,26(38)39)32-25(37)22-14-11-17-35(22)24(36)19-30-27(40)31-23(28(2,3)4)20-34-16-12-15-33(5)43(34,41)42/h10,13,21-23H,6-9,11-12,14-20H2,1-5H3,(H,32,37)(H,38,39)(H2,30,31,40)/b13-10-/t21?,22-,23?,29+/m0/s1. The number of carbonyl (C=O) groups excluding carboxylic acids is 3. The van der Waals surface area contributed by atoms with Gasteiger partial charge in [-0.1, -0.05) is 52.7 Å². The number of hydrogen-bond acceptors (Lipinski definition) is 6. The monoisotopic (exact) mass is 626 g/mol. The van der Waals surface area contributed by atoms with Crippen LogP contribution in [-0.2, 0) is 24.6 Å². The van der Waals surface area contributed by atoms with Crippen molar-refractivity contribution < 1.29 is 32.7 Å². The van der Waals surface area contributed by atoms with Gasteiger partial charge in [0.25, 0.3) is 10.2 Å². The Kier molecular flexibility index (Phi) is 11.6. The molecule has 0 aromatic carbocycles. The van der Waals surface area contributed by atoms with Crippen molar-refractivity contribution in [3.05, 3.63) is 12.2 Å². The summed E-state index contributed by atoms with van der Waals surface area (Å²) >= 11 is 0. The van der Waals surface area contributed by atoms with E-state index in [4.69, 9.17) is 0 Å². The Bertz CT molecular complexity index is 1170. The fourth-order valence-corrected chi connectivity index (χ4v) is 7.12. The Morgan fingerprint density at radius 3 is 2.47 bits per heavy atom. The molecule has 2 heterocycles. The molecule has 2 unspecified atom stereocenters. The van der Waals surface area contributed by atoms with E-state index in [-0.39, 0.29) is 19.0 Å². The van der Waals surface area contributed by atoms with Crippen LogP contribution in [0.1, 0.15) is 79.1 Å². The average Bonchev–Trinajstić information content (AvgIpc) is 3.39. The summed E-state index contributed by atoms with van der Waals surface area (Å²) in [6, 6.07) is -1.96. The van der Waals surface area contributed by atoms with E-state index in [1.54, 1.807) is 0 Å². The normalized spacial score (nSPS) is 26.7. The maximum atomic E-state index is 13.2. The second-order valence-electron chi connectivity index (χ2n) is 13.0. The highest BCUT2D eigenvalue weighted by Gasteiger charge is 2.61. The zero-order valence-corrected chi connectivity index (χ0v) is 27.0. The number of carbonyl (C=O) groups is 4. The van der Waals surface area contributed by atoms with Crippen LogP contribution in [0.2, 0.25) is 0 Å². The van der Waals surface area contributed by atoms with Gasteiger partial charge >= 0.3 is 12.0 Å². The van der Waals surface area contributed by atoms with Crippen molar-refractivity contribution in [1.29, 1.82) is 0 Å². The molecule has 244 valence electrons. The minimum absolute atomic E-state index is 0.0894. The van der Waals surface area contributed by atoms with E-state index in [2.05, 4.69) is 22.9 Å². The predicted octanol–water partition coefficient (Wildman–Crippen LogP) is 1.67. The van der Waals surface area contributed by atoms with Crippen LogP contribution in [0.5, 0.6) is 0 Å². The lowest BCUT2D eigenvalue weighted by atomic mass is 9.86. The van der Waals surface area contributed by atoms with E-state index >= 15 is 0 Å². The summed E-state index contributed by atoms with van der Waals surface area (Å²) in [4.78, 5) is 52.6. The van der Waals surface area contributed by atoms with Crippen molar-refractivity contribution in [1.82, 2.24) is 29.5 Å². The maximum absolute atomic E-state index is 13.2. The molecule has 0 aromatic rings. The van der Waals surface area contributed by atoms with Gasteiger partial charge in [0, 0.05) is 45.2 Å². The number of hydrogen-bond donors (Lipinski definition) is 4. The molecular formula is C29H50N6O7S. The number of carboxylic acid groups (broad SMARTS) is 1. The van der Waals surface area contributed by atoms with E-state index in [1.165, 1.54) is 20.6 Å². The lowest BCUT2D eigenvalue weighted by Crippen LogP contribution is -2.58. The molecule has 14 heteroatoms. The largest absolute Gasteiger partial charge is 0.479 e. The summed E-state index contributed by atoms with van der Waals surface area (Å²) in [6.07, 6.45) is 9.94. The van der Waals surface area contributed by atoms with E-state index in [0.29, 0.717) is 45.3 Å². The Morgan fingerprint density at radius 1 is 1.09 bits per heavy atom. The first-order chi connectivity index (χ1) is 20.1. The van der Waals surface area contributed by atoms with E-state index < -0.39 is 57.1 Å². The van der Waals surface area contributed by atoms with Crippen LogP contribution in [0, 0.1) is 11.3 Å². The highest BCUT2D eigenvalue weighted by Crippen LogP contribution is 2.45. The Labute approximate surface area is 256 Å². The van der Waals surface area contributed by atoms with Gasteiger partial charge in [0.15, 0.2) is 0 Å². The fourth-order valence-electron chi connectivity index (χ4n) is 5.67. The molecule has 2 saturated heterocycles. The molecule has 4 N–H and O–H groups in total. The van der Waals surface area contributed by atoms with Crippen molar-refractivity contribution in [3.63, 3.8) is 0 Å². The second-order valence-corrected chi connectivity index (χ2v) is 15.1. The third-order valence-corrected chi connectivity index (χ3v) is 10.7. The molecule has 13 nitrogen and oxygen atoms in total. The molecule has 0 bridgehead atoms. The lowest BCUT2D eigenvalue weighted by molar-refractivity contribution is -0.145. The van der Waals surface area contributed by atoms with Crippen molar-refractivity contribution in [2.75, 3.05) is 39.8 Å². The number of carboxylic acids is 1. The van der Waals surface area contributed by atoms with Crippen molar-refractivity contribution in [3.8, 4) is 0 Å². The quantitative estimate of drug-likeness (QED) is 0.178. The minimum atomic E-state index is -3.61. The van der Waals surface area contributed by atoms with Gasteiger partial charge < -0.3 is 26.0 Å². The van der Waals surface area contributed by atoms with Crippen LogP contribution < -0.4 is 16.0 Å². The molecular weight excluding hydrogens is 576 g/mol. The van der Waals surface area contributed by atoms with Gasteiger partial charge in [-0.05, 0) is 43.9 Å². The van der Waals surface area contributed by atoms with Crippen LogP contribution in [0.25, 0.3) is 0 Å². The molecule has 0 aromatic heterocycles. The molecule has 1 saturated carbocycles. The van der Waals surface area contributed by atoms with Gasteiger partial charge in [0.05, 0.1) is 6.54 Å². The first-order valence-corrected chi connectivity index (χ1v) is 16.8. The first kappa shape index (κ1) is 34.8. The Morgan fingerprint density at radius 2 is 1.81 bits per heavy atom.